The van der Waals surface area contributed by atoms with Gasteiger partial charge in [-0.2, -0.15) is 0 Å². The first-order valence-electron chi connectivity index (χ1n) is 25.3. The van der Waals surface area contributed by atoms with Crippen LogP contribution < -0.4 is 30.6 Å². The van der Waals surface area contributed by atoms with Gasteiger partial charge in [-0.05, 0) is 103 Å². The predicted molar refractivity (Wildman–Crippen MR) is 289 cm³/mol. The summed E-state index contributed by atoms with van der Waals surface area (Å²) in [6, 6.07) is 22.7. The van der Waals surface area contributed by atoms with Gasteiger partial charge in [-0.1, -0.05) is 203 Å². The van der Waals surface area contributed by atoms with Gasteiger partial charge in [-0.3, -0.25) is 0 Å². The summed E-state index contributed by atoms with van der Waals surface area (Å²) in [5, 5.41) is 77.5. The molecule has 0 saturated heterocycles. The molecule has 0 saturated carbocycles. The van der Waals surface area contributed by atoms with E-state index in [1.54, 1.807) is 28.4 Å². The van der Waals surface area contributed by atoms with Gasteiger partial charge in [0.25, 0.3) is 0 Å². The molecule has 0 fully saturated rings. The molecule has 2 radical (unpaired) electrons. The zero-order valence-electron chi connectivity index (χ0n) is 48.7. The van der Waals surface area contributed by atoms with E-state index in [0.29, 0.717) is 119 Å². The van der Waals surface area contributed by atoms with Gasteiger partial charge in [0.1, 0.15) is 0 Å². The van der Waals surface area contributed by atoms with E-state index in [1.807, 2.05) is 128 Å². The van der Waals surface area contributed by atoms with E-state index < -0.39 is 0 Å². The number of methoxy groups -OCH3 is 4. The Kier molecular flexibility index (Phi) is 29.0. The Balaban J connectivity index is 0.000000612. The molecular weight excluding hydrogens is 1020 g/mol. The summed E-state index contributed by atoms with van der Waals surface area (Å²) in [7, 11) is 6.61. The van der Waals surface area contributed by atoms with Crippen LogP contribution in [0.3, 0.4) is 0 Å². The Morgan fingerprint density at radius 3 is 0.618 bits per heavy atom. The standard InChI is InChI=1S/2C28H34O3.2C4H10O2.2Ti/c2*1-16-8-18(3)25(29)20(10-16)12-22-14-24(28(5,6)7)15-23(27(22)31)13-21-11-17(2)9-19(4)26(21)30;2*1-5-3-4-6-2;;/h2*8-11,14-15,29-31H,12-13H2,1-7H3;2*3-4H2,1-2H3;;/q;;;;2*+3/p-6. The Morgan fingerprint density at radius 2 is 0.461 bits per heavy atom. The van der Waals surface area contributed by atoms with E-state index in [4.69, 9.17) is 0 Å². The summed E-state index contributed by atoms with van der Waals surface area (Å²) in [5.74, 6) is -0.198. The molecule has 0 bridgehead atoms. The predicted octanol–water partition coefficient (Wildman–Crippen LogP) is 9.79. The second kappa shape index (κ2) is 31.7. The van der Waals surface area contributed by atoms with Crippen LogP contribution in [0.25, 0.3) is 0 Å². The monoisotopic (exact) mass is 1110 g/mol. The number of hydrogen-bond donors (Lipinski definition) is 0. The Morgan fingerprint density at radius 1 is 0.289 bits per heavy atom. The summed E-state index contributed by atoms with van der Waals surface area (Å²) in [5.41, 5.74) is 13.6. The van der Waals surface area contributed by atoms with Gasteiger partial charge in [0.05, 0.1) is 26.4 Å². The van der Waals surface area contributed by atoms with Crippen molar-refractivity contribution < 1.29 is 93.0 Å². The molecule has 0 aliphatic heterocycles. The largest absolute Gasteiger partial charge is 3.00 e. The fraction of sp³-hybridized carbons (Fsp3) is 0.438. The SMILES string of the molecule is COCCOC.COCCOC.Cc1cc(C)c([O-])c(Cc2cc(C(C)(C)C)cc(Cc3cc(C)cc(C)c3[O-])c2[O-])c1.Cc1cc(C)c([O-])c(Cc2cc(C(C)(C)C)cc(Cc3cc(C)cc(C)c3[O-])c2[O-])c1.[Ti+3].[Ti+3]. The van der Waals surface area contributed by atoms with Crippen molar-refractivity contribution in [3.63, 3.8) is 0 Å². The average molecular weight is 1110 g/mol. The third-order valence-electron chi connectivity index (χ3n) is 12.7. The zero-order chi connectivity index (χ0) is 55.8. The first-order valence-corrected chi connectivity index (χ1v) is 25.3. The van der Waals surface area contributed by atoms with Crippen LogP contribution in [0.1, 0.15) is 142 Å². The summed E-state index contributed by atoms with van der Waals surface area (Å²) in [4.78, 5) is 0. The molecule has 0 aliphatic carbocycles. The van der Waals surface area contributed by atoms with E-state index in [2.05, 4.69) is 60.5 Å². The second-order valence-electron chi connectivity index (χ2n) is 21.7. The van der Waals surface area contributed by atoms with Gasteiger partial charge < -0.3 is 49.6 Å². The minimum Gasteiger partial charge on any atom is -0.872 e. The topological polar surface area (TPSA) is 175 Å². The van der Waals surface area contributed by atoms with Crippen LogP contribution in [-0.2, 0) is 98.9 Å². The number of hydrogen-bond acceptors (Lipinski definition) is 10. The Hall–Kier alpha value is -4.61. The molecule has 76 heavy (non-hydrogen) atoms. The maximum absolute atomic E-state index is 13.4. The third-order valence-corrected chi connectivity index (χ3v) is 12.7. The van der Waals surface area contributed by atoms with Crippen molar-refractivity contribution in [2.75, 3.05) is 54.9 Å². The van der Waals surface area contributed by atoms with E-state index >= 15 is 0 Å². The molecule has 0 amide bonds. The van der Waals surface area contributed by atoms with Gasteiger partial charge in [0.2, 0.25) is 0 Å². The molecule has 6 aromatic carbocycles. The van der Waals surface area contributed by atoms with Crippen molar-refractivity contribution in [3.8, 4) is 34.5 Å². The quantitative estimate of drug-likeness (QED) is 0.0754. The first kappa shape index (κ1) is 69.4. The fourth-order valence-corrected chi connectivity index (χ4v) is 8.75. The Bertz CT molecular complexity index is 2440. The maximum atomic E-state index is 13.4. The summed E-state index contributed by atoms with van der Waals surface area (Å²) < 4.78 is 18.6. The smallest absolute Gasteiger partial charge is 0.872 e. The molecule has 6 rings (SSSR count). The third kappa shape index (κ3) is 20.6. The van der Waals surface area contributed by atoms with Crippen molar-refractivity contribution >= 4 is 0 Å². The molecule has 12 heteroatoms. The van der Waals surface area contributed by atoms with Crippen molar-refractivity contribution in [1.29, 1.82) is 0 Å². The maximum Gasteiger partial charge on any atom is 3.00 e. The fourth-order valence-electron chi connectivity index (χ4n) is 8.75. The molecule has 6 aromatic rings. The van der Waals surface area contributed by atoms with Crippen LogP contribution in [0.5, 0.6) is 34.5 Å². The van der Waals surface area contributed by atoms with Crippen LogP contribution in [0, 0.1) is 55.4 Å². The van der Waals surface area contributed by atoms with E-state index in [-0.39, 0.29) is 88.8 Å². The van der Waals surface area contributed by atoms with Crippen molar-refractivity contribution in [2.45, 2.75) is 133 Å². The molecule has 406 valence electrons. The van der Waals surface area contributed by atoms with Gasteiger partial charge in [-0.25, -0.2) is 0 Å². The molecular formula is C64H82O10Ti2. The number of aryl methyl sites for hydroxylation is 8. The minimum atomic E-state index is -0.164. The summed E-state index contributed by atoms with van der Waals surface area (Å²) in [6.07, 6.45) is 1.20. The zero-order valence-corrected chi connectivity index (χ0v) is 51.8. The van der Waals surface area contributed by atoms with Crippen LogP contribution in [0.4, 0.5) is 0 Å². The number of benzene rings is 6. The molecule has 0 unspecified atom stereocenters. The Labute approximate surface area is 485 Å². The van der Waals surface area contributed by atoms with Crippen molar-refractivity contribution in [2.24, 2.45) is 0 Å². The van der Waals surface area contributed by atoms with Gasteiger partial charge in [0.15, 0.2) is 0 Å². The van der Waals surface area contributed by atoms with E-state index in [1.165, 1.54) is 0 Å². The minimum absolute atomic E-state index is 0. The molecule has 0 heterocycles. The van der Waals surface area contributed by atoms with E-state index in [0.717, 1.165) is 33.4 Å². The number of rotatable bonds is 14. The number of ether oxygens (including phenoxy) is 4. The molecule has 0 N–H and O–H groups in total. The average Bonchev–Trinajstić information content (AvgIpc) is 3.31. The normalized spacial score (nSPS) is 11.0. The molecule has 0 spiro atoms. The van der Waals surface area contributed by atoms with Crippen molar-refractivity contribution in [1.82, 2.24) is 0 Å². The second-order valence-corrected chi connectivity index (χ2v) is 21.7. The van der Waals surface area contributed by atoms with Crippen LogP contribution in [0.2, 0.25) is 0 Å². The molecule has 0 aliphatic rings. The van der Waals surface area contributed by atoms with Crippen LogP contribution in [-0.4, -0.2) is 54.9 Å². The van der Waals surface area contributed by atoms with Crippen LogP contribution >= 0.6 is 0 Å². The molecule has 0 atom stereocenters. The summed E-state index contributed by atoms with van der Waals surface area (Å²) in [6.45, 7) is 30.5. The van der Waals surface area contributed by atoms with E-state index in [9.17, 15) is 30.6 Å². The first-order chi connectivity index (χ1) is 34.6. The van der Waals surface area contributed by atoms with Crippen molar-refractivity contribution in [3.05, 3.63) is 173 Å². The molecule has 10 nitrogen and oxygen atoms in total. The van der Waals surface area contributed by atoms with Gasteiger partial charge >= 0.3 is 43.4 Å². The van der Waals surface area contributed by atoms with Gasteiger partial charge in [-0.15, -0.1) is 34.5 Å². The van der Waals surface area contributed by atoms with Crippen LogP contribution in [0.15, 0.2) is 72.8 Å². The van der Waals surface area contributed by atoms with Gasteiger partial charge in [0, 0.05) is 28.4 Å². The summed E-state index contributed by atoms with van der Waals surface area (Å²) >= 11 is 0. The molecule has 0 aromatic heterocycles.